The van der Waals surface area contributed by atoms with E-state index in [9.17, 15) is 14.4 Å². The van der Waals surface area contributed by atoms with Crippen LogP contribution in [0.15, 0.2) is 35.9 Å². The second kappa shape index (κ2) is 9.20. The van der Waals surface area contributed by atoms with Crippen molar-refractivity contribution in [3.63, 3.8) is 0 Å². The van der Waals surface area contributed by atoms with Gasteiger partial charge in [0.15, 0.2) is 0 Å². The summed E-state index contributed by atoms with van der Waals surface area (Å²) in [6, 6.07) is 7.85. The number of rotatable bonds is 3. The summed E-state index contributed by atoms with van der Waals surface area (Å²) >= 11 is 0. The lowest BCUT2D eigenvalue weighted by molar-refractivity contribution is -0.147. The molecule has 0 unspecified atom stereocenters. The molecule has 1 fully saturated rings. The molecule has 180 valence electrons. The van der Waals surface area contributed by atoms with Crippen LogP contribution in [0, 0.1) is 24.2 Å². The van der Waals surface area contributed by atoms with E-state index in [-0.39, 0.29) is 29.8 Å². The highest BCUT2D eigenvalue weighted by atomic mass is 16.6. The fraction of sp³-hybridized carbons (Fsp3) is 0.577. The van der Waals surface area contributed by atoms with Gasteiger partial charge in [-0.3, -0.25) is 9.59 Å². The van der Waals surface area contributed by atoms with Crippen molar-refractivity contribution in [3.8, 4) is 0 Å². The number of likely N-dealkylation sites (tertiary alicyclic amines) is 1. The van der Waals surface area contributed by atoms with Crippen LogP contribution in [0.5, 0.6) is 0 Å². The monoisotopic (exact) mass is 456 g/mol. The Labute approximate surface area is 196 Å². The zero-order valence-electron chi connectivity index (χ0n) is 20.8. The van der Waals surface area contributed by atoms with Gasteiger partial charge in [-0.05, 0) is 51.7 Å². The third-order valence-electron chi connectivity index (χ3n) is 6.36. The summed E-state index contributed by atoms with van der Waals surface area (Å²) in [5.41, 5.74) is 1.92. The number of carbonyl (C=O) groups is 3. The van der Waals surface area contributed by atoms with Crippen LogP contribution in [-0.2, 0) is 19.1 Å². The molecule has 2 aliphatic rings. The molecule has 0 aliphatic carbocycles. The molecule has 0 spiro atoms. The van der Waals surface area contributed by atoms with Crippen LogP contribution >= 0.6 is 0 Å². The number of piperidine rings is 1. The van der Waals surface area contributed by atoms with Gasteiger partial charge in [0.1, 0.15) is 5.60 Å². The van der Waals surface area contributed by atoms with Crippen molar-refractivity contribution >= 4 is 23.7 Å². The highest BCUT2D eigenvalue weighted by molar-refractivity contribution is 6.03. The van der Waals surface area contributed by atoms with Gasteiger partial charge in [0.2, 0.25) is 0 Å². The smallest absolute Gasteiger partial charge is 0.410 e. The predicted octanol–water partition coefficient (Wildman–Crippen LogP) is 4.34. The lowest BCUT2D eigenvalue weighted by atomic mass is 9.70. The predicted molar refractivity (Wildman–Crippen MR) is 127 cm³/mol. The summed E-state index contributed by atoms with van der Waals surface area (Å²) in [7, 11) is 1.36. The van der Waals surface area contributed by atoms with E-state index >= 15 is 0 Å². The van der Waals surface area contributed by atoms with Crippen molar-refractivity contribution in [2.45, 2.75) is 53.6 Å². The number of hydrogen-bond donors (Lipinski definition) is 0. The number of benzene rings is 1. The van der Waals surface area contributed by atoms with E-state index in [0.29, 0.717) is 19.5 Å². The number of anilines is 1. The summed E-state index contributed by atoms with van der Waals surface area (Å²) in [6.45, 7) is 12.8. The third-order valence-corrected chi connectivity index (χ3v) is 6.36. The zero-order valence-corrected chi connectivity index (χ0v) is 20.8. The molecule has 0 radical (unpaired) electrons. The van der Waals surface area contributed by atoms with E-state index in [0.717, 1.165) is 16.8 Å². The minimum absolute atomic E-state index is 0.0809. The van der Waals surface area contributed by atoms with Crippen LogP contribution in [0.1, 0.15) is 46.6 Å². The minimum Gasteiger partial charge on any atom is -0.469 e. The highest BCUT2D eigenvalue weighted by Gasteiger charge is 2.43. The second-order valence-corrected chi connectivity index (χ2v) is 10.7. The molecule has 1 aromatic carbocycles. The Morgan fingerprint density at radius 1 is 1.12 bits per heavy atom. The number of esters is 1. The molecule has 0 N–H and O–H groups in total. The van der Waals surface area contributed by atoms with Gasteiger partial charge in [-0.2, -0.15) is 0 Å². The number of ether oxygens (including phenoxy) is 2. The average molecular weight is 457 g/mol. The number of methoxy groups -OCH3 is 1. The Morgan fingerprint density at radius 2 is 1.79 bits per heavy atom. The van der Waals surface area contributed by atoms with Gasteiger partial charge >= 0.3 is 12.1 Å². The summed E-state index contributed by atoms with van der Waals surface area (Å²) in [5, 5.41) is 0. The topological polar surface area (TPSA) is 76.2 Å². The first-order valence-corrected chi connectivity index (χ1v) is 11.5. The molecule has 0 aromatic heterocycles. The largest absolute Gasteiger partial charge is 0.469 e. The van der Waals surface area contributed by atoms with Crippen LogP contribution in [0.25, 0.3) is 0 Å². The number of para-hydroxylation sites is 1. The number of carbonyl (C=O) groups excluding carboxylic acids is 3. The molecule has 2 amide bonds. The maximum Gasteiger partial charge on any atom is 0.410 e. The van der Waals surface area contributed by atoms with Crippen molar-refractivity contribution in [2.75, 3.05) is 31.6 Å². The van der Waals surface area contributed by atoms with E-state index < -0.39 is 17.6 Å². The van der Waals surface area contributed by atoms with E-state index in [1.807, 2.05) is 56.9 Å². The van der Waals surface area contributed by atoms with E-state index in [1.165, 1.54) is 7.11 Å². The van der Waals surface area contributed by atoms with Crippen LogP contribution in [-0.4, -0.2) is 55.2 Å². The summed E-state index contributed by atoms with van der Waals surface area (Å²) in [4.78, 5) is 41.9. The van der Waals surface area contributed by atoms with Gasteiger partial charge in [-0.1, -0.05) is 37.6 Å². The van der Waals surface area contributed by atoms with E-state index in [4.69, 9.17) is 9.47 Å². The molecule has 1 saturated heterocycles. The van der Waals surface area contributed by atoms with Crippen molar-refractivity contribution in [2.24, 2.45) is 17.3 Å². The molecule has 0 bridgehead atoms. The van der Waals surface area contributed by atoms with Gasteiger partial charge in [0.05, 0.1) is 13.0 Å². The van der Waals surface area contributed by atoms with Gasteiger partial charge < -0.3 is 19.3 Å². The molecule has 33 heavy (non-hydrogen) atoms. The van der Waals surface area contributed by atoms with Crippen molar-refractivity contribution < 1.29 is 23.9 Å². The number of aryl methyl sites for hydroxylation is 1. The van der Waals surface area contributed by atoms with E-state index in [2.05, 4.69) is 13.8 Å². The first-order valence-electron chi connectivity index (χ1n) is 11.5. The molecule has 2 aliphatic heterocycles. The van der Waals surface area contributed by atoms with Gasteiger partial charge in [0, 0.05) is 36.8 Å². The number of nitrogens with zero attached hydrogens (tertiary/aromatic N) is 2. The van der Waals surface area contributed by atoms with Crippen molar-refractivity contribution in [1.29, 1.82) is 0 Å². The standard InChI is InChI=1S/C26H36N2O5/c1-17-10-8-9-11-21(17)28-16-26(5,6)20(13-22(28)29)18-12-19(23(30)32-7)15-27(14-18)24(31)33-25(2,3)4/h8-11,13,18-19H,12,14-16H2,1-7H3/t18-,19+/m1/s1. The maximum atomic E-state index is 13.2. The maximum absolute atomic E-state index is 13.2. The Morgan fingerprint density at radius 3 is 2.39 bits per heavy atom. The van der Waals surface area contributed by atoms with Crippen LogP contribution in [0.3, 0.4) is 0 Å². The molecule has 0 saturated carbocycles. The molecule has 2 heterocycles. The van der Waals surface area contributed by atoms with Gasteiger partial charge in [0.25, 0.3) is 5.91 Å². The molecule has 7 heteroatoms. The molecule has 3 rings (SSSR count). The third kappa shape index (κ3) is 5.57. The SMILES string of the molecule is COC(=O)[C@H]1C[C@@H](C2=CC(=O)N(c3ccccc3C)CC2(C)C)CN(C(=O)OC(C)(C)C)C1. The Hall–Kier alpha value is -2.83. The second-order valence-electron chi connectivity index (χ2n) is 10.7. The van der Waals surface area contributed by atoms with Crippen LogP contribution in [0.2, 0.25) is 0 Å². The number of amides is 2. The average Bonchev–Trinajstić information content (AvgIpc) is 2.73. The van der Waals surface area contributed by atoms with Crippen molar-refractivity contribution in [3.05, 3.63) is 41.5 Å². The molecule has 1 aromatic rings. The minimum atomic E-state index is -0.641. The first kappa shape index (κ1) is 24.8. The fourth-order valence-electron chi connectivity index (χ4n) is 4.85. The Balaban J connectivity index is 1.92. The van der Waals surface area contributed by atoms with E-state index in [1.54, 1.807) is 11.0 Å². The summed E-state index contributed by atoms with van der Waals surface area (Å²) < 4.78 is 10.6. The fourth-order valence-corrected chi connectivity index (χ4v) is 4.85. The number of hydrogen-bond acceptors (Lipinski definition) is 5. The molecular weight excluding hydrogens is 420 g/mol. The zero-order chi connectivity index (χ0) is 24.6. The molecule has 7 nitrogen and oxygen atoms in total. The quantitative estimate of drug-likeness (QED) is 0.633. The summed E-state index contributed by atoms with van der Waals surface area (Å²) in [6.07, 6.45) is 1.77. The normalized spacial score (nSPS) is 23.1. The van der Waals surface area contributed by atoms with Crippen molar-refractivity contribution in [1.82, 2.24) is 4.90 Å². The molecular formula is C26H36N2O5. The summed E-state index contributed by atoms with van der Waals surface area (Å²) in [5.74, 6) is -1.05. The highest BCUT2D eigenvalue weighted by Crippen LogP contribution is 2.42. The first-order chi connectivity index (χ1) is 15.3. The Kier molecular flexibility index (Phi) is 6.91. The van der Waals surface area contributed by atoms with Gasteiger partial charge in [-0.25, -0.2) is 4.79 Å². The Bertz CT molecular complexity index is 960. The van der Waals surface area contributed by atoms with Crippen LogP contribution in [0.4, 0.5) is 10.5 Å². The lowest BCUT2D eigenvalue weighted by Crippen LogP contribution is -2.52. The van der Waals surface area contributed by atoms with Crippen LogP contribution < -0.4 is 4.90 Å². The molecule has 2 atom stereocenters. The van der Waals surface area contributed by atoms with Gasteiger partial charge in [-0.15, -0.1) is 0 Å². The lowest BCUT2D eigenvalue weighted by Gasteiger charge is -2.45.